The molecule has 5 heteroatoms. The molecule has 0 bridgehead atoms. The molecule has 1 aliphatic heterocycles. The Bertz CT molecular complexity index is 376. The van der Waals surface area contributed by atoms with Crippen LogP contribution in [0.2, 0.25) is 0 Å². The van der Waals surface area contributed by atoms with Crippen LogP contribution >= 0.6 is 11.3 Å². The van der Waals surface area contributed by atoms with Crippen molar-refractivity contribution in [2.24, 2.45) is 5.92 Å². The Morgan fingerprint density at radius 1 is 1.67 bits per heavy atom. The summed E-state index contributed by atoms with van der Waals surface area (Å²) in [4.78, 5) is 17.9. The van der Waals surface area contributed by atoms with E-state index in [1.807, 2.05) is 4.90 Å². The summed E-state index contributed by atoms with van der Waals surface area (Å²) in [6.07, 6.45) is 1.07. The largest absolute Gasteiger partial charge is 0.375 e. The van der Waals surface area contributed by atoms with Crippen molar-refractivity contribution in [1.82, 2.24) is 9.88 Å². The van der Waals surface area contributed by atoms with Gasteiger partial charge >= 0.3 is 0 Å². The number of nitrogen functional groups attached to an aromatic ring is 1. The van der Waals surface area contributed by atoms with Crippen LogP contribution in [-0.2, 0) is 0 Å². The second-order valence-electron chi connectivity index (χ2n) is 4.22. The quantitative estimate of drug-likeness (QED) is 0.789. The molecule has 0 aliphatic carbocycles. The number of nitrogens with two attached hydrogens (primary N) is 1. The molecule has 0 radical (unpaired) electrons. The lowest BCUT2D eigenvalue weighted by molar-refractivity contribution is 0.0739. The van der Waals surface area contributed by atoms with Gasteiger partial charge in [-0.25, -0.2) is 4.98 Å². The topological polar surface area (TPSA) is 59.2 Å². The molecule has 2 N–H and O–H groups in total. The molecule has 4 nitrogen and oxygen atoms in total. The fourth-order valence-corrected chi connectivity index (χ4v) is 2.65. The Morgan fingerprint density at radius 2 is 2.40 bits per heavy atom. The highest BCUT2D eigenvalue weighted by atomic mass is 32.1. The predicted molar refractivity (Wildman–Crippen MR) is 60.8 cm³/mol. The van der Waals surface area contributed by atoms with Gasteiger partial charge in [-0.15, -0.1) is 11.3 Å². The number of hydrogen-bond acceptors (Lipinski definition) is 4. The fourth-order valence-electron chi connectivity index (χ4n) is 2.12. The molecule has 2 heterocycles. The van der Waals surface area contributed by atoms with Gasteiger partial charge in [-0.05, 0) is 19.3 Å². The summed E-state index contributed by atoms with van der Waals surface area (Å²) in [5, 5.41) is 2.19. The molecule has 0 spiro atoms. The van der Waals surface area contributed by atoms with E-state index in [9.17, 15) is 4.79 Å². The van der Waals surface area contributed by atoms with Crippen LogP contribution in [0.25, 0.3) is 0 Å². The van der Waals surface area contributed by atoms with Crippen molar-refractivity contribution >= 4 is 22.4 Å². The van der Waals surface area contributed by atoms with Crippen LogP contribution in [0.15, 0.2) is 5.38 Å². The number of thiazole rings is 1. The molecule has 82 valence electrons. The lowest BCUT2D eigenvalue weighted by atomic mass is 10.1. The van der Waals surface area contributed by atoms with Crippen LogP contribution in [0.4, 0.5) is 5.13 Å². The normalized spacial score (nSPS) is 25.9. The molecule has 1 fully saturated rings. The molecule has 1 amide bonds. The maximum absolute atomic E-state index is 12.0. The smallest absolute Gasteiger partial charge is 0.273 e. The van der Waals surface area contributed by atoms with Crippen LogP contribution in [-0.4, -0.2) is 28.4 Å². The number of aromatic nitrogens is 1. The lowest BCUT2D eigenvalue weighted by Crippen LogP contribution is -2.34. The van der Waals surface area contributed by atoms with Gasteiger partial charge in [0.1, 0.15) is 5.69 Å². The first-order chi connectivity index (χ1) is 7.08. The van der Waals surface area contributed by atoms with Gasteiger partial charge < -0.3 is 10.6 Å². The monoisotopic (exact) mass is 225 g/mol. The van der Waals surface area contributed by atoms with Crippen molar-refractivity contribution in [2.45, 2.75) is 26.3 Å². The van der Waals surface area contributed by atoms with Crippen molar-refractivity contribution in [3.8, 4) is 0 Å². The zero-order chi connectivity index (χ0) is 11.0. The second kappa shape index (κ2) is 3.81. The summed E-state index contributed by atoms with van der Waals surface area (Å²) < 4.78 is 0. The van der Waals surface area contributed by atoms with E-state index in [0.29, 0.717) is 22.8 Å². The first kappa shape index (κ1) is 10.4. The fraction of sp³-hybridized carbons (Fsp3) is 0.600. The number of rotatable bonds is 1. The van der Waals surface area contributed by atoms with Gasteiger partial charge in [0.2, 0.25) is 0 Å². The molecule has 0 aromatic carbocycles. The Kier molecular flexibility index (Phi) is 2.65. The van der Waals surface area contributed by atoms with Gasteiger partial charge in [0.25, 0.3) is 5.91 Å². The standard InChI is InChI=1S/C10H15N3OS/c1-6-3-7(2)13(4-6)9(14)8-5-15-10(11)12-8/h5-7H,3-4H2,1-2H3,(H2,11,12). The number of carbonyl (C=O) groups excluding carboxylic acids is 1. The molecule has 15 heavy (non-hydrogen) atoms. The van der Waals surface area contributed by atoms with Crippen molar-refractivity contribution in [3.63, 3.8) is 0 Å². The minimum Gasteiger partial charge on any atom is -0.375 e. The van der Waals surface area contributed by atoms with Crippen LogP contribution in [0.3, 0.4) is 0 Å². The van der Waals surface area contributed by atoms with Crippen molar-refractivity contribution in [3.05, 3.63) is 11.1 Å². The van der Waals surface area contributed by atoms with Crippen LogP contribution < -0.4 is 5.73 Å². The molecule has 1 aromatic heterocycles. The molecular weight excluding hydrogens is 210 g/mol. The highest BCUT2D eigenvalue weighted by Gasteiger charge is 2.31. The number of hydrogen-bond donors (Lipinski definition) is 1. The molecule has 2 unspecified atom stereocenters. The first-order valence-corrected chi connectivity index (χ1v) is 5.98. The Balaban J connectivity index is 2.15. The molecular formula is C10H15N3OS. The van der Waals surface area contributed by atoms with Crippen LogP contribution in [0.5, 0.6) is 0 Å². The van der Waals surface area contributed by atoms with Gasteiger partial charge in [0.05, 0.1) is 0 Å². The SMILES string of the molecule is CC1CC(C)N(C(=O)c2csc(N)n2)C1. The van der Waals surface area contributed by atoms with E-state index in [2.05, 4.69) is 18.8 Å². The van der Waals surface area contributed by atoms with Gasteiger partial charge in [0, 0.05) is 18.0 Å². The summed E-state index contributed by atoms with van der Waals surface area (Å²) in [6, 6.07) is 0.315. The van der Waals surface area contributed by atoms with Crippen LogP contribution in [0.1, 0.15) is 30.8 Å². The van der Waals surface area contributed by atoms with Crippen molar-refractivity contribution < 1.29 is 4.79 Å². The van der Waals surface area contributed by atoms with E-state index in [0.717, 1.165) is 13.0 Å². The highest BCUT2D eigenvalue weighted by Crippen LogP contribution is 2.24. The van der Waals surface area contributed by atoms with Crippen molar-refractivity contribution in [1.29, 1.82) is 0 Å². The van der Waals surface area contributed by atoms with E-state index in [-0.39, 0.29) is 5.91 Å². The number of anilines is 1. The zero-order valence-corrected chi connectivity index (χ0v) is 9.75. The minimum absolute atomic E-state index is 0.0137. The third kappa shape index (κ3) is 1.97. The summed E-state index contributed by atoms with van der Waals surface area (Å²) in [6.45, 7) is 5.08. The lowest BCUT2D eigenvalue weighted by Gasteiger charge is -2.20. The molecule has 0 saturated carbocycles. The Labute approximate surface area is 93.1 Å². The number of amides is 1. The summed E-state index contributed by atoms with van der Waals surface area (Å²) in [7, 11) is 0. The van der Waals surface area contributed by atoms with E-state index < -0.39 is 0 Å². The molecule has 1 saturated heterocycles. The van der Waals surface area contributed by atoms with E-state index in [1.54, 1.807) is 5.38 Å². The first-order valence-electron chi connectivity index (χ1n) is 5.10. The van der Waals surface area contributed by atoms with Crippen molar-refractivity contribution in [2.75, 3.05) is 12.3 Å². The van der Waals surface area contributed by atoms with E-state index >= 15 is 0 Å². The Hall–Kier alpha value is -1.10. The number of likely N-dealkylation sites (tertiary alicyclic amines) is 1. The maximum Gasteiger partial charge on any atom is 0.273 e. The highest BCUT2D eigenvalue weighted by molar-refractivity contribution is 7.13. The molecule has 2 rings (SSSR count). The Morgan fingerprint density at radius 3 is 2.87 bits per heavy atom. The average molecular weight is 225 g/mol. The van der Waals surface area contributed by atoms with E-state index in [4.69, 9.17) is 5.73 Å². The zero-order valence-electron chi connectivity index (χ0n) is 8.93. The van der Waals surface area contributed by atoms with Gasteiger partial charge in [-0.1, -0.05) is 6.92 Å². The molecule has 1 aliphatic rings. The van der Waals surface area contributed by atoms with Gasteiger partial charge in [0.15, 0.2) is 5.13 Å². The summed E-state index contributed by atoms with van der Waals surface area (Å²) >= 11 is 1.31. The summed E-state index contributed by atoms with van der Waals surface area (Å²) in [5.41, 5.74) is 6.00. The predicted octanol–water partition coefficient (Wildman–Crippen LogP) is 1.60. The van der Waals surface area contributed by atoms with Crippen LogP contribution in [0, 0.1) is 5.92 Å². The maximum atomic E-state index is 12.0. The number of carbonyl (C=O) groups is 1. The third-order valence-corrected chi connectivity index (χ3v) is 3.46. The van der Waals surface area contributed by atoms with Gasteiger partial charge in [-0.2, -0.15) is 0 Å². The van der Waals surface area contributed by atoms with E-state index in [1.165, 1.54) is 11.3 Å². The second-order valence-corrected chi connectivity index (χ2v) is 5.11. The number of nitrogens with zero attached hydrogens (tertiary/aromatic N) is 2. The summed E-state index contributed by atoms with van der Waals surface area (Å²) in [5.74, 6) is 0.597. The average Bonchev–Trinajstić information content (AvgIpc) is 2.71. The third-order valence-electron chi connectivity index (χ3n) is 2.79. The minimum atomic E-state index is 0.0137. The van der Waals surface area contributed by atoms with Gasteiger partial charge in [-0.3, -0.25) is 4.79 Å². The molecule has 1 aromatic rings. The molecule has 2 atom stereocenters.